The minimum Gasteiger partial charge on any atom is -0.395 e. The predicted octanol–water partition coefficient (Wildman–Crippen LogP) is 3.37. The Hall–Kier alpha value is -3.31. The van der Waals surface area contributed by atoms with Gasteiger partial charge in [-0.25, -0.2) is 9.29 Å². The number of hydrogen-bond acceptors (Lipinski definition) is 3. The lowest BCUT2D eigenvalue weighted by atomic mass is 9.47. The average Bonchev–Trinajstić information content (AvgIpc) is 3.05. The Bertz CT molecular complexity index is 1170. The van der Waals surface area contributed by atoms with Crippen molar-refractivity contribution in [2.75, 3.05) is 11.5 Å². The first-order valence-electron chi connectivity index (χ1n) is 10.0. The molecule has 0 radical (unpaired) electrons. The van der Waals surface area contributed by atoms with Crippen molar-refractivity contribution in [3.05, 3.63) is 101 Å². The van der Waals surface area contributed by atoms with E-state index in [0.717, 1.165) is 22.3 Å². The molecule has 30 heavy (non-hydrogen) atoms. The molecule has 4 aliphatic rings. The van der Waals surface area contributed by atoms with Gasteiger partial charge in [0.15, 0.2) is 0 Å². The van der Waals surface area contributed by atoms with Gasteiger partial charge in [-0.1, -0.05) is 48.5 Å². The van der Waals surface area contributed by atoms with Crippen LogP contribution >= 0.6 is 0 Å². The zero-order chi connectivity index (χ0) is 20.6. The number of aliphatic hydroxyl groups excluding tert-OH is 1. The quantitative estimate of drug-likeness (QED) is 0.673. The van der Waals surface area contributed by atoms with Crippen molar-refractivity contribution < 1.29 is 19.1 Å². The normalized spacial score (nSPS) is 28.3. The highest BCUT2D eigenvalue weighted by Crippen LogP contribution is 2.64. The summed E-state index contributed by atoms with van der Waals surface area (Å²) in [6.07, 6.45) is 0. The third-order valence-electron chi connectivity index (χ3n) is 7.13. The summed E-state index contributed by atoms with van der Waals surface area (Å²) in [6, 6.07) is 21.0. The molecular formula is C25H18FNO3. The average molecular weight is 399 g/mol. The molecule has 3 aliphatic carbocycles. The molecule has 148 valence electrons. The topological polar surface area (TPSA) is 57.6 Å². The van der Waals surface area contributed by atoms with E-state index in [1.807, 2.05) is 48.5 Å². The van der Waals surface area contributed by atoms with Crippen LogP contribution in [0.4, 0.5) is 10.1 Å². The van der Waals surface area contributed by atoms with Crippen LogP contribution in [0.25, 0.3) is 0 Å². The first kappa shape index (κ1) is 17.5. The number of imide groups is 1. The maximum Gasteiger partial charge on any atom is 0.239 e. The lowest BCUT2D eigenvalue weighted by Gasteiger charge is -2.53. The van der Waals surface area contributed by atoms with E-state index in [1.54, 1.807) is 0 Å². The summed E-state index contributed by atoms with van der Waals surface area (Å²) in [4.78, 5) is 28.5. The van der Waals surface area contributed by atoms with Crippen LogP contribution in [0.15, 0.2) is 72.8 Å². The molecule has 2 atom stereocenters. The van der Waals surface area contributed by atoms with Gasteiger partial charge in [0.2, 0.25) is 11.8 Å². The second-order valence-electron chi connectivity index (χ2n) is 8.27. The Labute approximate surface area is 172 Å². The molecular weight excluding hydrogens is 381 g/mol. The number of halogens is 1. The van der Waals surface area contributed by atoms with Crippen molar-refractivity contribution in [1.82, 2.24) is 0 Å². The minimum absolute atomic E-state index is 0.252. The number of amides is 2. The summed E-state index contributed by atoms with van der Waals surface area (Å²) >= 11 is 0. The maximum absolute atomic E-state index is 13.7. The van der Waals surface area contributed by atoms with E-state index in [4.69, 9.17) is 0 Å². The summed E-state index contributed by atoms with van der Waals surface area (Å²) in [5, 5.41) is 10.8. The monoisotopic (exact) mass is 399 g/mol. The van der Waals surface area contributed by atoms with Gasteiger partial charge in [0.05, 0.1) is 29.5 Å². The molecule has 1 heterocycles. The fourth-order valence-corrected chi connectivity index (χ4v) is 6.04. The highest BCUT2D eigenvalue weighted by molar-refractivity contribution is 6.23. The highest BCUT2D eigenvalue weighted by atomic mass is 19.1. The molecule has 3 aromatic carbocycles. The van der Waals surface area contributed by atoms with Gasteiger partial charge in [-0.3, -0.25) is 9.59 Å². The van der Waals surface area contributed by atoms with Crippen molar-refractivity contribution in [2.24, 2.45) is 11.8 Å². The van der Waals surface area contributed by atoms with Crippen LogP contribution in [0.5, 0.6) is 0 Å². The van der Waals surface area contributed by atoms with Crippen LogP contribution in [0.1, 0.15) is 28.2 Å². The molecule has 1 N–H and O–H groups in total. The lowest BCUT2D eigenvalue weighted by Crippen LogP contribution is -2.55. The number of hydrogen-bond donors (Lipinski definition) is 1. The molecule has 1 fully saturated rings. The van der Waals surface area contributed by atoms with Gasteiger partial charge >= 0.3 is 0 Å². The summed E-state index contributed by atoms with van der Waals surface area (Å²) < 4.78 is 13.5. The molecule has 1 aliphatic heterocycles. The predicted molar refractivity (Wildman–Crippen MR) is 108 cm³/mol. The van der Waals surface area contributed by atoms with Gasteiger partial charge in [0.1, 0.15) is 5.82 Å². The zero-order valence-corrected chi connectivity index (χ0v) is 16.0. The van der Waals surface area contributed by atoms with Gasteiger partial charge < -0.3 is 5.11 Å². The van der Waals surface area contributed by atoms with Gasteiger partial charge in [-0.05, 0) is 46.5 Å². The van der Waals surface area contributed by atoms with Gasteiger partial charge in [-0.15, -0.1) is 0 Å². The largest absolute Gasteiger partial charge is 0.395 e. The van der Waals surface area contributed by atoms with E-state index in [9.17, 15) is 19.1 Å². The molecule has 2 bridgehead atoms. The van der Waals surface area contributed by atoms with E-state index in [0.29, 0.717) is 5.69 Å². The summed E-state index contributed by atoms with van der Waals surface area (Å²) in [5.74, 6) is -2.60. The van der Waals surface area contributed by atoms with E-state index >= 15 is 0 Å². The SMILES string of the molecule is O=C1[C@@H]2[C@@H](C(=O)N1c1ccc(F)cc1)C1c3ccccc3C2(CO)c2ccccc21. The van der Waals surface area contributed by atoms with Crippen molar-refractivity contribution >= 4 is 17.5 Å². The molecule has 7 rings (SSSR count). The fourth-order valence-electron chi connectivity index (χ4n) is 6.04. The van der Waals surface area contributed by atoms with E-state index in [2.05, 4.69) is 0 Å². The number of nitrogens with zero attached hydrogens (tertiary/aromatic N) is 1. The summed E-state index contributed by atoms with van der Waals surface area (Å²) in [6.45, 7) is -0.273. The standard InChI is InChI=1S/C25H18FNO3/c26-14-9-11-15(12-10-14)27-23(29)21-20-16-5-1-3-7-18(16)25(13-28,22(21)24(27)30)19-8-4-2-6-17(19)20/h1-12,20-22,28H,13H2/t20?,21-,22-,25?/m0/s1. The minimum atomic E-state index is -0.978. The Kier molecular flexibility index (Phi) is 3.43. The molecule has 2 amide bonds. The van der Waals surface area contributed by atoms with Gasteiger partial charge in [0, 0.05) is 5.92 Å². The first-order chi connectivity index (χ1) is 14.6. The highest BCUT2D eigenvalue weighted by Gasteiger charge is 2.68. The van der Waals surface area contributed by atoms with Crippen molar-refractivity contribution in [3.63, 3.8) is 0 Å². The lowest BCUT2D eigenvalue weighted by molar-refractivity contribution is -0.124. The van der Waals surface area contributed by atoms with Gasteiger partial charge in [0.25, 0.3) is 0 Å². The number of benzene rings is 3. The van der Waals surface area contributed by atoms with E-state index < -0.39 is 23.1 Å². The number of rotatable bonds is 2. The van der Waals surface area contributed by atoms with Crippen LogP contribution in [0, 0.1) is 17.7 Å². The van der Waals surface area contributed by atoms with Crippen LogP contribution in [-0.4, -0.2) is 23.5 Å². The Balaban J connectivity index is 1.63. The zero-order valence-electron chi connectivity index (χ0n) is 16.0. The van der Waals surface area contributed by atoms with Crippen molar-refractivity contribution in [3.8, 4) is 0 Å². The van der Waals surface area contributed by atoms with Crippen molar-refractivity contribution in [1.29, 1.82) is 0 Å². The smallest absolute Gasteiger partial charge is 0.239 e. The molecule has 0 saturated carbocycles. The van der Waals surface area contributed by atoms with E-state index in [-0.39, 0.29) is 24.3 Å². The van der Waals surface area contributed by atoms with Crippen molar-refractivity contribution in [2.45, 2.75) is 11.3 Å². The number of anilines is 1. The fraction of sp³-hybridized carbons (Fsp3) is 0.200. The number of aliphatic hydroxyl groups is 1. The molecule has 0 spiro atoms. The Morgan fingerprint density at radius 3 is 1.97 bits per heavy atom. The second-order valence-corrected chi connectivity index (χ2v) is 8.27. The maximum atomic E-state index is 13.7. The number of carbonyl (C=O) groups is 2. The third kappa shape index (κ3) is 1.89. The third-order valence-corrected chi connectivity index (χ3v) is 7.13. The van der Waals surface area contributed by atoms with Crippen LogP contribution < -0.4 is 4.90 Å². The van der Waals surface area contributed by atoms with Crippen LogP contribution in [0.3, 0.4) is 0 Å². The van der Waals surface area contributed by atoms with Gasteiger partial charge in [-0.2, -0.15) is 0 Å². The summed E-state index contributed by atoms with van der Waals surface area (Å²) in [7, 11) is 0. The molecule has 0 aromatic heterocycles. The number of carbonyl (C=O) groups excluding carboxylic acids is 2. The Morgan fingerprint density at radius 2 is 1.40 bits per heavy atom. The molecule has 5 heteroatoms. The van der Waals surface area contributed by atoms with E-state index in [1.165, 1.54) is 29.2 Å². The summed E-state index contributed by atoms with van der Waals surface area (Å²) in [5.41, 5.74) is 3.21. The molecule has 4 nitrogen and oxygen atoms in total. The Morgan fingerprint density at radius 1 is 0.833 bits per heavy atom. The molecule has 0 unspecified atom stereocenters. The first-order valence-corrected chi connectivity index (χ1v) is 10.0. The second kappa shape index (κ2) is 5.86. The molecule has 3 aromatic rings. The molecule has 1 saturated heterocycles. The van der Waals surface area contributed by atoms with Crippen LogP contribution in [-0.2, 0) is 15.0 Å². The van der Waals surface area contributed by atoms with Crippen LogP contribution in [0.2, 0.25) is 0 Å².